The molecule has 2 N–H and O–H groups in total. The van der Waals surface area contributed by atoms with Crippen molar-refractivity contribution in [1.82, 2.24) is 15.1 Å². The number of benzene rings is 1. The van der Waals surface area contributed by atoms with Crippen LogP contribution < -0.4 is 24.8 Å². The molecule has 0 radical (unpaired) electrons. The quantitative estimate of drug-likeness (QED) is 0.391. The fourth-order valence-electron chi connectivity index (χ4n) is 6.06. The number of ether oxygens (including phenoxy) is 2. The van der Waals surface area contributed by atoms with Gasteiger partial charge < -0.3 is 14.4 Å². The van der Waals surface area contributed by atoms with Crippen LogP contribution in [-0.4, -0.2) is 48.6 Å². The summed E-state index contributed by atoms with van der Waals surface area (Å²) in [7, 11) is 0. The first-order valence-electron chi connectivity index (χ1n) is 14.4. The first kappa shape index (κ1) is 29.1. The Balaban J connectivity index is 1.20. The zero-order chi connectivity index (χ0) is 29.5. The number of aromatic nitrogens is 1. The molecule has 42 heavy (non-hydrogen) atoms. The topological polar surface area (TPSA) is 79.0 Å². The fourth-order valence-corrected chi connectivity index (χ4v) is 6.66. The molecule has 2 aromatic rings. The molecule has 1 aromatic carbocycles. The Hall–Kier alpha value is -2.96. The number of pyridine rings is 1. The molecule has 0 spiro atoms. The van der Waals surface area contributed by atoms with Crippen LogP contribution in [0.5, 0.6) is 5.75 Å². The monoisotopic (exact) mass is 603 g/mol. The van der Waals surface area contributed by atoms with E-state index in [1.165, 1.54) is 11.9 Å². The lowest BCUT2D eigenvalue weighted by molar-refractivity contribution is -0.192. The lowest BCUT2D eigenvalue weighted by atomic mass is 9.93. The second-order valence-electron chi connectivity index (χ2n) is 12.2. The first-order chi connectivity index (χ1) is 20.0. The van der Waals surface area contributed by atoms with Crippen molar-refractivity contribution < 1.29 is 27.4 Å². The van der Waals surface area contributed by atoms with Crippen molar-refractivity contribution in [1.29, 1.82) is 0 Å². The molecule has 1 aromatic heterocycles. The number of carbonyl (C=O) groups is 1. The number of halogens is 3. The van der Waals surface area contributed by atoms with Crippen molar-refractivity contribution in [3.8, 4) is 5.75 Å². The highest BCUT2D eigenvalue weighted by Gasteiger charge is 2.62. The van der Waals surface area contributed by atoms with Crippen LogP contribution in [0.25, 0.3) is 0 Å². The maximum atomic E-state index is 13.5. The lowest BCUT2D eigenvalue weighted by Gasteiger charge is -2.34. The van der Waals surface area contributed by atoms with Crippen molar-refractivity contribution in [2.75, 3.05) is 29.7 Å². The van der Waals surface area contributed by atoms with Crippen LogP contribution in [0, 0.1) is 11.3 Å². The molecule has 7 rings (SSSR count). The molecule has 226 valence electrons. The van der Waals surface area contributed by atoms with Crippen LogP contribution in [0.4, 0.5) is 24.8 Å². The third kappa shape index (κ3) is 6.07. The number of amides is 1. The Morgan fingerprint density at radius 3 is 2.69 bits per heavy atom. The van der Waals surface area contributed by atoms with E-state index in [1.54, 1.807) is 29.4 Å². The molecule has 5 aliphatic rings. The van der Waals surface area contributed by atoms with Gasteiger partial charge in [-0.15, -0.1) is 0 Å². The van der Waals surface area contributed by atoms with Crippen molar-refractivity contribution in [3.05, 3.63) is 54.2 Å². The molecule has 1 aliphatic carbocycles. The maximum absolute atomic E-state index is 13.5. The minimum Gasteiger partial charge on any atom is -0.494 e. The smallest absolute Gasteiger partial charge is 0.394 e. The number of nitrogens with zero attached hydrogens (tertiary/aromatic N) is 3. The van der Waals surface area contributed by atoms with Crippen molar-refractivity contribution in [3.63, 3.8) is 0 Å². The predicted molar refractivity (Wildman–Crippen MR) is 155 cm³/mol. The first-order valence-corrected chi connectivity index (χ1v) is 15.3. The van der Waals surface area contributed by atoms with E-state index in [0.29, 0.717) is 29.7 Å². The lowest BCUT2D eigenvalue weighted by Crippen LogP contribution is -2.41. The van der Waals surface area contributed by atoms with Gasteiger partial charge in [0.1, 0.15) is 23.6 Å². The molecule has 2 atom stereocenters. The van der Waals surface area contributed by atoms with Crippen LogP contribution in [0.2, 0.25) is 0 Å². The van der Waals surface area contributed by atoms with Gasteiger partial charge >= 0.3 is 6.18 Å². The molecule has 1 amide bonds. The van der Waals surface area contributed by atoms with Gasteiger partial charge in [-0.25, -0.2) is 4.98 Å². The van der Waals surface area contributed by atoms with Crippen LogP contribution in [0.3, 0.4) is 0 Å². The van der Waals surface area contributed by atoms with E-state index in [2.05, 4.69) is 28.9 Å². The molecule has 2 unspecified atom stereocenters. The minimum absolute atomic E-state index is 0.00192. The highest BCUT2D eigenvalue weighted by molar-refractivity contribution is 7.98. The van der Waals surface area contributed by atoms with Gasteiger partial charge in [0.15, 0.2) is 0 Å². The number of hydrazine groups is 1. The van der Waals surface area contributed by atoms with Gasteiger partial charge in [-0.1, -0.05) is 0 Å². The second-order valence-corrected chi connectivity index (χ2v) is 13.1. The summed E-state index contributed by atoms with van der Waals surface area (Å²) in [6.07, 6.45) is 1.91. The normalized spacial score (nSPS) is 24.8. The van der Waals surface area contributed by atoms with E-state index in [1.807, 2.05) is 24.3 Å². The van der Waals surface area contributed by atoms with Crippen LogP contribution in [-0.2, 0) is 4.74 Å². The number of anilines is 2. The second kappa shape index (κ2) is 11.3. The number of hydrogen-bond donors (Lipinski definition) is 2. The van der Waals surface area contributed by atoms with Gasteiger partial charge in [0.05, 0.1) is 17.6 Å². The molecular weight excluding hydrogens is 567 g/mol. The average molecular weight is 604 g/mol. The Bertz CT molecular complexity index is 1330. The molecule has 12 heteroatoms. The van der Waals surface area contributed by atoms with E-state index >= 15 is 0 Å². The number of hydrogen-bond acceptors (Lipinski definition) is 8. The number of nitrogens with one attached hydrogen (secondary N) is 2. The molecule has 5 heterocycles. The molecule has 8 nitrogen and oxygen atoms in total. The van der Waals surface area contributed by atoms with Gasteiger partial charge in [0, 0.05) is 29.8 Å². The number of rotatable bonds is 5. The van der Waals surface area contributed by atoms with Crippen LogP contribution in [0.15, 0.2) is 53.6 Å². The summed E-state index contributed by atoms with van der Waals surface area (Å²) < 4.78 is 54.4. The number of alkyl halides is 3. The van der Waals surface area contributed by atoms with Crippen molar-refractivity contribution >= 4 is 29.5 Å². The summed E-state index contributed by atoms with van der Waals surface area (Å²) in [5, 5.41) is 1.69. The van der Waals surface area contributed by atoms with E-state index < -0.39 is 17.8 Å². The van der Waals surface area contributed by atoms with Crippen LogP contribution >= 0.6 is 11.9 Å². The molecule has 4 bridgehead atoms. The Morgan fingerprint density at radius 1 is 1.17 bits per heavy atom. The summed E-state index contributed by atoms with van der Waals surface area (Å²) in [4.78, 5) is 21.6. The molecule has 1 saturated carbocycles. The van der Waals surface area contributed by atoms with Gasteiger partial charge in [-0.2, -0.15) is 18.6 Å². The Kier molecular flexibility index (Phi) is 7.82. The molecular formula is C30H36F3N5O3S. The Morgan fingerprint density at radius 2 is 1.95 bits per heavy atom. The summed E-state index contributed by atoms with van der Waals surface area (Å²) in [5.41, 5.74) is 1.81. The predicted octanol–water partition coefficient (Wildman–Crippen LogP) is 6.21. The largest absolute Gasteiger partial charge is 0.494 e. The van der Waals surface area contributed by atoms with E-state index in [-0.39, 0.29) is 37.3 Å². The van der Waals surface area contributed by atoms with Crippen LogP contribution in [0.1, 0.15) is 62.7 Å². The van der Waals surface area contributed by atoms with E-state index in [9.17, 15) is 18.0 Å². The van der Waals surface area contributed by atoms with E-state index in [0.717, 1.165) is 36.5 Å². The standard InChI is InChI=1S/C30H36F3N5O3S/c1-28(2)18-20-4-3-16-40-21-5-7-22(8-6-21)42-36-27(39)23-9-10-24(34-26(23)37(28)19-20)38-15-11-25(35-38)41-17-14-29(12-13-29)30(31,32)33/h5-11,15,20,25,35H,3-4,12-14,16-19H2,1-2H3,(H,36,39). The summed E-state index contributed by atoms with van der Waals surface area (Å²) in [6, 6.07) is 11.2. The molecule has 2 fully saturated rings. The van der Waals surface area contributed by atoms with Gasteiger partial charge in [-0.3, -0.25) is 14.5 Å². The zero-order valence-electron chi connectivity index (χ0n) is 23.7. The van der Waals surface area contributed by atoms with E-state index in [4.69, 9.17) is 14.5 Å². The zero-order valence-corrected chi connectivity index (χ0v) is 24.6. The van der Waals surface area contributed by atoms with Gasteiger partial charge in [0.25, 0.3) is 5.91 Å². The molecule has 4 aliphatic heterocycles. The summed E-state index contributed by atoms with van der Waals surface area (Å²) in [5.74, 6) is 2.15. The number of fused-ring (bicyclic) bond motifs is 7. The SMILES string of the molecule is CC1(C)CC2CCCOc3ccc(cc3)SNC(=O)c3ccc(N4C=CC(OCCC5(C(F)(F)F)CC5)N4)nc3N1C2. The van der Waals surface area contributed by atoms with Gasteiger partial charge in [0.2, 0.25) is 0 Å². The average Bonchev–Trinajstić information content (AvgIpc) is 3.50. The Labute approximate surface area is 248 Å². The third-order valence-electron chi connectivity index (χ3n) is 8.69. The summed E-state index contributed by atoms with van der Waals surface area (Å²) >= 11 is 1.24. The highest BCUT2D eigenvalue weighted by atomic mass is 32.2. The fraction of sp³-hybridized carbons (Fsp3) is 0.533. The third-order valence-corrected chi connectivity index (χ3v) is 9.48. The highest BCUT2D eigenvalue weighted by Crippen LogP contribution is 2.59. The molecule has 1 saturated heterocycles. The van der Waals surface area contributed by atoms with Crippen molar-refractivity contribution in [2.45, 2.75) is 75.2 Å². The summed E-state index contributed by atoms with van der Waals surface area (Å²) in [6.45, 7) is 5.76. The maximum Gasteiger partial charge on any atom is 0.394 e. The van der Waals surface area contributed by atoms with Gasteiger partial charge in [-0.05, 0) is 113 Å². The van der Waals surface area contributed by atoms with Crippen molar-refractivity contribution in [2.24, 2.45) is 11.3 Å². The minimum atomic E-state index is -4.19. The number of carbonyl (C=O) groups excluding carboxylic acids is 1.